The number of benzene rings is 2. The van der Waals surface area contributed by atoms with Crippen LogP contribution in [0.1, 0.15) is 15.9 Å². The standard InChI is InChI=1S/C18H20N2O2Se/c1-19(2)10-11-20-13-23(22)17-12-15(8-9-16(17)20)18(21)14-6-4-3-5-7-14/h3-9,12H,10-11,13H2,1-2H3. The van der Waals surface area contributed by atoms with Crippen LogP contribution in [0.3, 0.4) is 0 Å². The molecule has 120 valence electrons. The number of fused-ring (bicyclic) bond motifs is 1. The van der Waals surface area contributed by atoms with Crippen LogP contribution in [0.5, 0.6) is 0 Å². The van der Waals surface area contributed by atoms with Crippen LogP contribution in [0.2, 0.25) is 0 Å². The predicted molar refractivity (Wildman–Crippen MR) is 93.2 cm³/mol. The first-order valence-corrected chi connectivity index (χ1v) is 10.3. The molecule has 0 saturated heterocycles. The van der Waals surface area contributed by atoms with Gasteiger partial charge in [0.05, 0.1) is 0 Å². The Hall–Kier alpha value is -1.81. The van der Waals surface area contributed by atoms with E-state index in [0.29, 0.717) is 16.6 Å². The second-order valence-corrected chi connectivity index (χ2v) is 8.83. The molecule has 4 nitrogen and oxygen atoms in total. The molecule has 1 aliphatic rings. The first-order valence-electron chi connectivity index (χ1n) is 7.58. The van der Waals surface area contributed by atoms with Gasteiger partial charge in [0.2, 0.25) is 0 Å². The SMILES string of the molecule is CN(C)CCN1C[Se](=O)c2cc(C(=O)c3ccccc3)ccc21. The van der Waals surface area contributed by atoms with Crippen molar-refractivity contribution in [1.29, 1.82) is 0 Å². The molecule has 1 aliphatic heterocycles. The predicted octanol–water partition coefficient (Wildman–Crippen LogP) is 1.47. The fraction of sp³-hybridized carbons (Fsp3) is 0.278. The number of hydrogen-bond acceptors (Lipinski definition) is 4. The third-order valence-corrected chi connectivity index (χ3v) is 6.80. The Balaban J connectivity index is 1.87. The van der Waals surface area contributed by atoms with Gasteiger partial charge in [0, 0.05) is 0 Å². The molecule has 0 N–H and O–H groups in total. The van der Waals surface area contributed by atoms with Crippen molar-refractivity contribution < 1.29 is 8.63 Å². The van der Waals surface area contributed by atoms with Gasteiger partial charge in [-0.3, -0.25) is 0 Å². The summed E-state index contributed by atoms with van der Waals surface area (Å²) in [5.41, 5.74) is 2.91. The van der Waals surface area contributed by atoms with Crippen LogP contribution in [0.15, 0.2) is 48.5 Å². The van der Waals surface area contributed by atoms with Gasteiger partial charge in [0.15, 0.2) is 0 Å². The van der Waals surface area contributed by atoms with Gasteiger partial charge in [0.25, 0.3) is 0 Å². The summed E-state index contributed by atoms with van der Waals surface area (Å²) >= 11 is -2.08. The van der Waals surface area contributed by atoms with E-state index in [2.05, 4.69) is 9.80 Å². The normalized spacial score (nSPS) is 16.7. The molecule has 0 saturated carbocycles. The zero-order valence-corrected chi connectivity index (χ0v) is 15.1. The molecule has 2 aromatic carbocycles. The molecule has 0 bridgehead atoms. The van der Waals surface area contributed by atoms with Gasteiger partial charge < -0.3 is 0 Å². The van der Waals surface area contributed by atoms with E-state index in [1.807, 2.05) is 62.6 Å². The maximum absolute atomic E-state index is 12.5. The van der Waals surface area contributed by atoms with E-state index in [4.69, 9.17) is 0 Å². The minimum absolute atomic E-state index is 0.0149. The van der Waals surface area contributed by atoms with Crippen molar-refractivity contribution in [2.75, 3.05) is 37.5 Å². The molecule has 2 aromatic rings. The maximum atomic E-state index is 12.5. The van der Waals surface area contributed by atoms with Crippen molar-refractivity contribution in [3.8, 4) is 0 Å². The molecule has 5 heteroatoms. The van der Waals surface area contributed by atoms with Crippen LogP contribution in [0.4, 0.5) is 5.69 Å². The second-order valence-electron chi connectivity index (χ2n) is 5.92. The molecule has 1 unspecified atom stereocenters. The Kier molecular flexibility index (Phi) is 4.71. The molecule has 0 fully saturated rings. The number of hydrogen-bond donors (Lipinski definition) is 0. The molecule has 3 rings (SSSR count). The number of ketones is 1. The van der Waals surface area contributed by atoms with Crippen molar-refractivity contribution in [2.45, 2.75) is 0 Å². The Labute approximate surface area is 140 Å². The number of carbonyl (C=O) groups is 1. The van der Waals surface area contributed by atoms with Crippen LogP contribution in [0.25, 0.3) is 0 Å². The Morgan fingerprint density at radius 1 is 1.13 bits per heavy atom. The van der Waals surface area contributed by atoms with Crippen molar-refractivity contribution in [3.05, 3.63) is 59.7 Å². The monoisotopic (exact) mass is 376 g/mol. The second kappa shape index (κ2) is 6.75. The van der Waals surface area contributed by atoms with Gasteiger partial charge >= 0.3 is 140 Å². The molecule has 0 amide bonds. The zero-order valence-electron chi connectivity index (χ0n) is 13.4. The number of anilines is 1. The van der Waals surface area contributed by atoms with Crippen molar-refractivity contribution in [1.82, 2.24) is 4.90 Å². The summed E-state index contributed by atoms with van der Waals surface area (Å²) < 4.78 is 13.3. The van der Waals surface area contributed by atoms with Crippen molar-refractivity contribution >= 4 is 29.8 Å². The van der Waals surface area contributed by atoms with Gasteiger partial charge in [-0.25, -0.2) is 0 Å². The molecule has 23 heavy (non-hydrogen) atoms. The van der Waals surface area contributed by atoms with Crippen molar-refractivity contribution in [3.63, 3.8) is 0 Å². The quantitative estimate of drug-likeness (QED) is 0.586. The summed E-state index contributed by atoms with van der Waals surface area (Å²) in [6, 6.07) is 14.8. The van der Waals surface area contributed by atoms with E-state index in [-0.39, 0.29) is 5.78 Å². The third-order valence-electron chi connectivity index (χ3n) is 3.93. The number of rotatable bonds is 5. The first kappa shape index (κ1) is 16.1. The fourth-order valence-electron chi connectivity index (χ4n) is 2.64. The van der Waals surface area contributed by atoms with E-state index < -0.39 is 13.8 Å². The summed E-state index contributed by atoms with van der Waals surface area (Å²) in [5.74, 6) is -0.0149. The number of likely N-dealkylation sites (N-methyl/N-ethyl adjacent to an activating group) is 1. The van der Waals surface area contributed by atoms with E-state index >= 15 is 0 Å². The van der Waals surface area contributed by atoms with Gasteiger partial charge in [-0.2, -0.15) is 0 Å². The molecular formula is C18H20N2O2Se. The summed E-state index contributed by atoms with van der Waals surface area (Å²) in [7, 11) is 4.06. The van der Waals surface area contributed by atoms with E-state index in [9.17, 15) is 8.63 Å². The zero-order chi connectivity index (χ0) is 16.4. The van der Waals surface area contributed by atoms with Crippen LogP contribution >= 0.6 is 0 Å². The summed E-state index contributed by atoms with van der Waals surface area (Å²) in [6.45, 7) is 1.78. The van der Waals surface area contributed by atoms with Gasteiger partial charge in [0.1, 0.15) is 0 Å². The van der Waals surface area contributed by atoms with E-state index in [1.165, 1.54) is 0 Å². The van der Waals surface area contributed by atoms with Crippen LogP contribution in [-0.4, -0.2) is 57.1 Å². The first-order chi connectivity index (χ1) is 11.1. The van der Waals surface area contributed by atoms with E-state index in [1.54, 1.807) is 0 Å². The molecule has 0 aromatic heterocycles. The van der Waals surface area contributed by atoms with E-state index in [0.717, 1.165) is 23.2 Å². The molecule has 0 radical (unpaired) electrons. The molecular weight excluding hydrogens is 355 g/mol. The topological polar surface area (TPSA) is 40.6 Å². The molecule has 0 spiro atoms. The molecule has 1 heterocycles. The third kappa shape index (κ3) is 3.42. The molecule has 1 atom stereocenters. The summed E-state index contributed by atoms with van der Waals surface area (Å²) in [6.07, 6.45) is 0. The Morgan fingerprint density at radius 3 is 2.57 bits per heavy atom. The number of nitrogens with zero attached hydrogens (tertiary/aromatic N) is 2. The fourth-order valence-corrected chi connectivity index (χ4v) is 5.54. The van der Waals surface area contributed by atoms with Crippen molar-refractivity contribution in [2.24, 2.45) is 0 Å². The van der Waals surface area contributed by atoms with Crippen LogP contribution in [-0.2, 0) is 3.83 Å². The molecule has 0 aliphatic carbocycles. The number of carbonyl (C=O) groups excluding carboxylic acids is 1. The average Bonchev–Trinajstić information content (AvgIpc) is 2.89. The Bertz CT molecular complexity index is 744. The summed E-state index contributed by atoms with van der Waals surface area (Å²) in [5, 5.41) is 0. The van der Waals surface area contributed by atoms with Gasteiger partial charge in [-0.05, 0) is 0 Å². The van der Waals surface area contributed by atoms with Gasteiger partial charge in [-0.15, -0.1) is 0 Å². The van der Waals surface area contributed by atoms with Gasteiger partial charge in [-0.1, -0.05) is 0 Å². The Morgan fingerprint density at radius 2 is 1.87 bits per heavy atom. The average molecular weight is 375 g/mol. The van der Waals surface area contributed by atoms with Crippen LogP contribution in [0, 0.1) is 0 Å². The summed E-state index contributed by atoms with van der Waals surface area (Å²) in [4.78, 5) is 16.8. The minimum atomic E-state index is -2.08. The van der Waals surface area contributed by atoms with Crippen LogP contribution < -0.4 is 9.36 Å².